The Morgan fingerprint density at radius 2 is 1.73 bits per heavy atom. The van der Waals surface area contributed by atoms with Crippen molar-refractivity contribution in [1.82, 2.24) is 10.2 Å². The zero-order valence-corrected chi connectivity index (χ0v) is 16.8. The Hall–Kier alpha value is -3.68. The zero-order valence-electron chi connectivity index (χ0n) is 16.8. The van der Waals surface area contributed by atoms with Crippen LogP contribution in [-0.2, 0) is 20.7 Å². The van der Waals surface area contributed by atoms with E-state index < -0.39 is 35.9 Å². The number of imide groups is 1. The molecule has 4 amide bonds. The summed E-state index contributed by atoms with van der Waals surface area (Å²) in [6.07, 6.45) is 1.05. The molecule has 8 nitrogen and oxygen atoms in total. The molecule has 0 bridgehead atoms. The van der Waals surface area contributed by atoms with Crippen molar-refractivity contribution in [3.8, 4) is 0 Å². The first kappa shape index (κ1) is 21.0. The minimum atomic E-state index is -1.06. The number of rotatable bonds is 7. The van der Waals surface area contributed by atoms with Crippen molar-refractivity contribution < 1.29 is 23.9 Å². The van der Waals surface area contributed by atoms with E-state index >= 15 is 0 Å². The van der Waals surface area contributed by atoms with E-state index in [9.17, 15) is 19.2 Å². The van der Waals surface area contributed by atoms with Gasteiger partial charge in [0.1, 0.15) is 12.1 Å². The van der Waals surface area contributed by atoms with Gasteiger partial charge in [-0.15, -0.1) is 0 Å². The molecule has 1 saturated heterocycles. The second-order valence-electron chi connectivity index (χ2n) is 7.26. The second-order valence-corrected chi connectivity index (χ2v) is 7.26. The summed E-state index contributed by atoms with van der Waals surface area (Å²) in [7, 11) is 1.28. The maximum Gasteiger partial charge on any atom is 0.337 e. The summed E-state index contributed by atoms with van der Waals surface area (Å²) >= 11 is 0. The van der Waals surface area contributed by atoms with Crippen LogP contribution < -0.4 is 10.6 Å². The van der Waals surface area contributed by atoms with E-state index in [-0.39, 0.29) is 0 Å². The number of ether oxygens (including phenoxy) is 1. The summed E-state index contributed by atoms with van der Waals surface area (Å²) in [6.45, 7) is 1.27. The average molecular weight is 409 g/mol. The molecule has 0 aliphatic carbocycles. The first-order valence-corrected chi connectivity index (χ1v) is 9.49. The first-order valence-electron chi connectivity index (χ1n) is 9.49. The number of carbonyl (C=O) groups is 4. The number of amides is 4. The molecule has 1 aliphatic heterocycles. The summed E-state index contributed by atoms with van der Waals surface area (Å²) in [5.74, 6) is -1.43. The third-order valence-corrected chi connectivity index (χ3v) is 4.99. The van der Waals surface area contributed by atoms with Gasteiger partial charge in [0, 0.05) is 5.69 Å². The molecule has 1 fully saturated rings. The summed E-state index contributed by atoms with van der Waals surface area (Å²) in [5, 5.41) is 5.32. The lowest BCUT2D eigenvalue weighted by molar-refractivity contribution is -0.133. The van der Waals surface area contributed by atoms with Gasteiger partial charge in [-0.3, -0.25) is 14.5 Å². The maximum atomic E-state index is 12.8. The van der Waals surface area contributed by atoms with E-state index in [0.29, 0.717) is 24.1 Å². The monoisotopic (exact) mass is 409 g/mol. The lowest BCUT2D eigenvalue weighted by Gasteiger charge is -2.21. The van der Waals surface area contributed by atoms with Gasteiger partial charge in [-0.1, -0.05) is 30.3 Å². The highest BCUT2D eigenvalue weighted by atomic mass is 16.5. The molecule has 0 radical (unpaired) electrons. The normalized spacial score (nSPS) is 18.1. The molecular formula is C22H23N3O5. The van der Waals surface area contributed by atoms with Crippen molar-refractivity contribution in [1.29, 1.82) is 0 Å². The molecule has 156 valence electrons. The number of benzene rings is 2. The molecule has 1 aliphatic rings. The summed E-state index contributed by atoms with van der Waals surface area (Å²) in [5.41, 5.74) is 0.785. The van der Waals surface area contributed by atoms with E-state index in [0.717, 1.165) is 10.5 Å². The highest BCUT2D eigenvalue weighted by Crippen LogP contribution is 2.23. The standard InChI is InChI=1S/C22H23N3O5/c1-22(13-12-15-6-4-3-5-7-15)20(28)25(21(29)24-22)14-18(26)23-17-10-8-16(9-11-17)19(27)30-2/h3-11H,12-14H2,1-2H3,(H,23,26)(H,24,29)/t22-/m1/s1. The zero-order chi connectivity index (χ0) is 21.7. The van der Waals surface area contributed by atoms with Crippen molar-refractivity contribution in [2.45, 2.75) is 25.3 Å². The maximum absolute atomic E-state index is 12.8. The Labute approximate surface area is 174 Å². The predicted molar refractivity (Wildman–Crippen MR) is 110 cm³/mol. The van der Waals surface area contributed by atoms with E-state index in [1.165, 1.54) is 19.2 Å². The third kappa shape index (κ3) is 4.65. The highest BCUT2D eigenvalue weighted by molar-refractivity contribution is 6.10. The average Bonchev–Trinajstić information content (AvgIpc) is 2.96. The van der Waals surface area contributed by atoms with Crippen molar-refractivity contribution >= 4 is 29.5 Å². The van der Waals surface area contributed by atoms with E-state index in [2.05, 4.69) is 15.4 Å². The van der Waals surface area contributed by atoms with Crippen molar-refractivity contribution in [2.24, 2.45) is 0 Å². The Bertz CT molecular complexity index is 958. The van der Waals surface area contributed by atoms with Gasteiger partial charge in [0.25, 0.3) is 5.91 Å². The highest BCUT2D eigenvalue weighted by Gasteiger charge is 2.47. The van der Waals surface area contributed by atoms with Crippen LogP contribution in [0.5, 0.6) is 0 Å². The molecule has 1 atom stereocenters. The van der Waals surface area contributed by atoms with Gasteiger partial charge in [-0.2, -0.15) is 0 Å². The van der Waals surface area contributed by atoms with Crippen LogP contribution in [0.2, 0.25) is 0 Å². The van der Waals surface area contributed by atoms with E-state index in [1.54, 1.807) is 19.1 Å². The van der Waals surface area contributed by atoms with Crippen molar-refractivity contribution in [3.05, 3.63) is 65.7 Å². The van der Waals surface area contributed by atoms with Gasteiger partial charge in [0.05, 0.1) is 12.7 Å². The van der Waals surface area contributed by atoms with Crippen LogP contribution in [0.4, 0.5) is 10.5 Å². The lowest BCUT2D eigenvalue weighted by atomic mass is 9.93. The van der Waals surface area contributed by atoms with Gasteiger partial charge in [0.2, 0.25) is 5.91 Å². The fourth-order valence-corrected chi connectivity index (χ4v) is 3.25. The molecule has 0 spiro atoms. The minimum Gasteiger partial charge on any atom is -0.465 e. The Morgan fingerprint density at radius 1 is 1.07 bits per heavy atom. The quantitative estimate of drug-likeness (QED) is 0.540. The number of methoxy groups -OCH3 is 1. The van der Waals surface area contributed by atoms with Crippen LogP contribution in [0.3, 0.4) is 0 Å². The largest absolute Gasteiger partial charge is 0.465 e. The molecule has 0 saturated carbocycles. The fourth-order valence-electron chi connectivity index (χ4n) is 3.25. The van der Waals surface area contributed by atoms with Crippen molar-refractivity contribution in [3.63, 3.8) is 0 Å². The van der Waals surface area contributed by atoms with Crippen LogP contribution in [0.15, 0.2) is 54.6 Å². The molecule has 0 unspecified atom stereocenters. The molecule has 1 heterocycles. The topological polar surface area (TPSA) is 105 Å². The van der Waals surface area contributed by atoms with Gasteiger partial charge in [-0.25, -0.2) is 9.59 Å². The Kier molecular flexibility index (Phi) is 6.15. The first-order chi connectivity index (χ1) is 14.3. The van der Waals surface area contributed by atoms with Crippen LogP contribution in [-0.4, -0.2) is 47.9 Å². The smallest absolute Gasteiger partial charge is 0.337 e. The number of urea groups is 1. The number of hydrogen-bond donors (Lipinski definition) is 2. The lowest BCUT2D eigenvalue weighted by Crippen LogP contribution is -2.45. The Balaban J connectivity index is 1.59. The number of carbonyl (C=O) groups excluding carboxylic acids is 4. The summed E-state index contributed by atoms with van der Waals surface area (Å²) in [6, 6.07) is 15.2. The summed E-state index contributed by atoms with van der Waals surface area (Å²) in [4.78, 5) is 49.8. The number of nitrogens with one attached hydrogen (secondary N) is 2. The fraction of sp³-hybridized carbons (Fsp3) is 0.273. The minimum absolute atomic E-state index is 0.346. The predicted octanol–water partition coefficient (Wildman–Crippen LogP) is 2.36. The molecule has 2 aromatic rings. The number of nitrogens with zero attached hydrogens (tertiary/aromatic N) is 1. The molecule has 3 rings (SSSR count). The van der Waals surface area contributed by atoms with E-state index in [4.69, 9.17) is 0 Å². The van der Waals surface area contributed by atoms with Gasteiger partial charge >= 0.3 is 12.0 Å². The Morgan fingerprint density at radius 3 is 2.37 bits per heavy atom. The van der Waals surface area contributed by atoms with Crippen molar-refractivity contribution in [2.75, 3.05) is 19.0 Å². The molecule has 0 aromatic heterocycles. The van der Waals surface area contributed by atoms with Crippen LogP contribution >= 0.6 is 0 Å². The van der Waals surface area contributed by atoms with Gasteiger partial charge in [0.15, 0.2) is 0 Å². The molecule has 2 N–H and O–H groups in total. The second kappa shape index (κ2) is 8.77. The van der Waals surface area contributed by atoms with Gasteiger partial charge in [-0.05, 0) is 49.6 Å². The van der Waals surface area contributed by atoms with Crippen LogP contribution in [0, 0.1) is 0 Å². The summed E-state index contributed by atoms with van der Waals surface area (Å²) < 4.78 is 4.62. The van der Waals surface area contributed by atoms with Crippen LogP contribution in [0.1, 0.15) is 29.3 Å². The van der Waals surface area contributed by atoms with E-state index in [1.807, 2.05) is 30.3 Å². The number of hydrogen-bond acceptors (Lipinski definition) is 5. The van der Waals surface area contributed by atoms with Gasteiger partial charge < -0.3 is 15.4 Å². The molecule has 2 aromatic carbocycles. The third-order valence-electron chi connectivity index (χ3n) is 4.99. The number of aryl methyl sites for hydroxylation is 1. The molecule has 30 heavy (non-hydrogen) atoms. The molecular weight excluding hydrogens is 386 g/mol. The number of anilines is 1. The number of esters is 1. The SMILES string of the molecule is COC(=O)c1ccc(NC(=O)CN2C(=O)N[C@](C)(CCc3ccccc3)C2=O)cc1. The van der Waals surface area contributed by atoms with Crippen LogP contribution in [0.25, 0.3) is 0 Å². The molecule has 8 heteroatoms.